The Balaban J connectivity index is 1.75. The van der Waals surface area contributed by atoms with E-state index in [-0.39, 0.29) is 5.91 Å². The minimum Gasteiger partial charge on any atom is -0.370 e. The summed E-state index contributed by atoms with van der Waals surface area (Å²) in [6.45, 7) is 8.45. The molecule has 0 radical (unpaired) electrons. The van der Waals surface area contributed by atoms with Gasteiger partial charge in [-0.15, -0.1) is 0 Å². The van der Waals surface area contributed by atoms with Crippen molar-refractivity contribution in [2.24, 2.45) is 5.92 Å². The second kappa shape index (κ2) is 7.04. The van der Waals surface area contributed by atoms with Gasteiger partial charge in [0.1, 0.15) is 0 Å². The molecule has 1 fully saturated rings. The van der Waals surface area contributed by atoms with Gasteiger partial charge >= 0.3 is 0 Å². The van der Waals surface area contributed by atoms with Crippen LogP contribution in [0.5, 0.6) is 0 Å². The van der Waals surface area contributed by atoms with Crippen molar-refractivity contribution in [3.8, 4) is 0 Å². The van der Waals surface area contributed by atoms with Crippen LogP contribution in [-0.2, 0) is 0 Å². The first-order valence-corrected chi connectivity index (χ1v) is 8.61. The molecule has 1 amide bonds. The van der Waals surface area contributed by atoms with Crippen LogP contribution in [0.25, 0.3) is 0 Å². The smallest absolute Gasteiger partial charge is 0.257 e. The lowest BCUT2D eigenvalue weighted by Crippen LogP contribution is -2.34. The first-order chi connectivity index (χ1) is 11.5. The van der Waals surface area contributed by atoms with Crippen LogP contribution in [0.15, 0.2) is 36.7 Å². The molecule has 4 heteroatoms. The molecule has 2 heterocycles. The Bertz CT molecular complexity index is 741. The first-order valence-electron chi connectivity index (χ1n) is 8.61. The van der Waals surface area contributed by atoms with E-state index in [1.54, 1.807) is 6.20 Å². The van der Waals surface area contributed by atoms with Crippen molar-refractivity contribution >= 4 is 17.3 Å². The number of pyridine rings is 1. The summed E-state index contributed by atoms with van der Waals surface area (Å²) < 4.78 is 0. The van der Waals surface area contributed by atoms with Crippen LogP contribution in [0.4, 0.5) is 11.4 Å². The van der Waals surface area contributed by atoms with Crippen LogP contribution >= 0.6 is 0 Å². The van der Waals surface area contributed by atoms with Crippen LogP contribution in [0.3, 0.4) is 0 Å². The van der Waals surface area contributed by atoms with Crippen molar-refractivity contribution < 1.29 is 4.79 Å². The number of carbonyl (C=O) groups excluding carboxylic acids is 1. The van der Waals surface area contributed by atoms with E-state index in [4.69, 9.17) is 0 Å². The zero-order chi connectivity index (χ0) is 17.1. The number of amides is 1. The molecule has 4 nitrogen and oxygen atoms in total. The SMILES string of the molecule is Cc1ccc(NC(=O)c2cncc(N3CCCC(C)C3)c2)cc1C. The fourth-order valence-corrected chi connectivity index (χ4v) is 3.17. The maximum atomic E-state index is 12.5. The molecular formula is C20H25N3O. The molecule has 0 bridgehead atoms. The van der Waals surface area contributed by atoms with Gasteiger partial charge in [0.05, 0.1) is 17.4 Å². The number of nitrogens with one attached hydrogen (secondary N) is 1. The fraction of sp³-hybridized carbons (Fsp3) is 0.400. The maximum absolute atomic E-state index is 12.5. The van der Waals surface area contributed by atoms with E-state index < -0.39 is 0 Å². The molecule has 1 atom stereocenters. The number of anilines is 2. The summed E-state index contributed by atoms with van der Waals surface area (Å²) in [7, 11) is 0. The molecule has 1 saturated heterocycles. The number of aryl methyl sites for hydroxylation is 2. The molecule has 2 aromatic rings. The van der Waals surface area contributed by atoms with Gasteiger partial charge < -0.3 is 10.2 Å². The number of nitrogens with zero attached hydrogens (tertiary/aromatic N) is 2. The highest BCUT2D eigenvalue weighted by Gasteiger charge is 2.18. The predicted molar refractivity (Wildman–Crippen MR) is 98.7 cm³/mol. The fourth-order valence-electron chi connectivity index (χ4n) is 3.17. The van der Waals surface area contributed by atoms with Crippen molar-refractivity contribution in [3.05, 3.63) is 53.3 Å². The van der Waals surface area contributed by atoms with E-state index >= 15 is 0 Å². The maximum Gasteiger partial charge on any atom is 0.257 e. The van der Waals surface area contributed by atoms with Gasteiger partial charge in [-0.3, -0.25) is 9.78 Å². The molecule has 1 aromatic carbocycles. The molecule has 1 aliphatic heterocycles. The Hall–Kier alpha value is -2.36. The standard InChI is InChI=1S/C20H25N3O/c1-14-5-4-8-23(13-14)19-10-17(11-21-12-19)20(24)22-18-7-6-15(2)16(3)9-18/h6-7,9-12,14H,4-5,8,13H2,1-3H3,(H,22,24). The highest BCUT2D eigenvalue weighted by Crippen LogP contribution is 2.23. The molecule has 3 rings (SSSR count). The second-order valence-electron chi connectivity index (χ2n) is 6.88. The van der Waals surface area contributed by atoms with Crippen LogP contribution in [0, 0.1) is 19.8 Å². The number of carbonyl (C=O) groups is 1. The van der Waals surface area contributed by atoms with Gasteiger partial charge in [-0.2, -0.15) is 0 Å². The quantitative estimate of drug-likeness (QED) is 0.921. The molecular weight excluding hydrogens is 298 g/mol. The molecule has 0 saturated carbocycles. The lowest BCUT2D eigenvalue weighted by atomic mass is 10.00. The number of piperidine rings is 1. The average Bonchev–Trinajstić information content (AvgIpc) is 2.58. The molecule has 24 heavy (non-hydrogen) atoms. The highest BCUT2D eigenvalue weighted by molar-refractivity contribution is 6.04. The third-order valence-corrected chi connectivity index (χ3v) is 4.77. The Morgan fingerprint density at radius 1 is 1.21 bits per heavy atom. The highest BCUT2D eigenvalue weighted by atomic mass is 16.1. The van der Waals surface area contributed by atoms with Gasteiger partial charge in [0.25, 0.3) is 5.91 Å². The molecule has 0 spiro atoms. The Labute approximate surface area is 143 Å². The summed E-state index contributed by atoms with van der Waals surface area (Å²) in [6, 6.07) is 7.90. The van der Waals surface area contributed by atoms with Crippen LogP contribution < -0.4 is 10.2 Å². The van der Waals surface area contributed by atoms with E-state index in [1.165, 1.54) is 24.0 Å². The lowest BCUT2D eigenvalue weighted by molar-refractivity contribution is 0.102. The monoisotopic (exact) mass is 323 g/mol. The number of aromatic nitrogens is 1. The third-order valence-electron chi connectivity index (χ3n) is 4.77. The minimum absolute atomic E-state index is 0.113. The third kappa shape index (κ3) is 3.75. The van der Waals surface area contributed by atoms with E-state index in [1.807, 2.05) is 37.4 Å². The largest absolute Gasteiger partial charge is 0.370 e. The Morgan fingerprint density at radius 3 is 2.79 bits per heavy atom. The zero-order valence-electron chi connectivity index (χ0n) is 14.7. The lowest BCUT2D eigenvalue weighted by Gasteiger charge is -2.32. The first kappa shape index (κ1) is 16.5. The molecule has 126 valence electrons. The van der Waals surface area contributed by atoms with Crippen molar-refractivity contribution in [2.75, 3.05) is 23.3 Å². The van der Waals surface area contributed by atoms with E-state index in [0.717, 1.165) is 24.5 Å². The Kier molecular flexibility index (Phi) is 4.84. The summed E-state index contributed by atoms with van der Waals surface area (Å²) in [5.41, 5.74) is 4.84. The molecule has 0 aliphatic carbocycles. The number of hydrogen-bond acceptors (Lipinski definition) is 3. The average molecular weight is 323 g/mol. The van der Waals surface area contributed by atoms with Crippen LogP contribution in [0.2, 0.25) is 0 Å². The number of benzene rings is 1. The van der Waals surface area contributed by atoms with Gasteiger partial charge in [0.15, 0.2) is 0 Å². The topological polar surface area (TPSA) is 45.2 Å². The molecule has 1 aliphatic rings. The summed E-state index contributed by atoms with van der Waals surface area (Å²) in [5.74, 6) is 0.574. The number of hydrogen-bond donors (Lipinski definition) is 1. The summed E-state index contributed by atoms with van der Waals surface area (Å²) in [6.07, 6.45) is 5.95. The summed E-state index contributed by atoms with van der Waals surface area (Å²) in [5, 5.41) is 2.97. The van der Waals surface area contributed by atoms with Crippen molar-refractivity contribution in [1.29, 1.82) is 0 Å². The van der Waals surface area contributed by atoms with Gasteiger partial charge in [0.2, 0.25) is 0 Å². The molecule has 1 N–H and O–H groups in total. The van der Waals surface area contributed by atoms with Gasteiger partial charge in [0, 0.05) is 25.0 Å². The summed E-state index contributed by atoms with van der Waals surface area (Å²) in [4.78, 5) is 19.1. The molecule has 1 aromatic heterocycles. The zero-order valence-corrected chi connectivity index (χ0v) is 14.7. The summed E-state index contributed by atoms with van der Waals surface area (Å²) >= 11 is 0. The number of rotatable bonds is 3. The predicted octanol–water partition coefficient (Wildman–Crippen LogP) is 4.19. The van der Waals surface area contributed by atoms with E-state index in [9.17, 15) is 4.79 Å². The van der Waals surface area contributed by atoms with Gasteiger partial charge in [-0.25, -0.2) is 0 Å². The second-order valence-corrected chi connectivity index (χ2v) is 6.88. The normalized spacial score (nSPS) is 17.6. The molecule has 1 unspecified atom stereocenters. The van der Waals surface area contributed by atoms with Crippen molar-refractivity contribution in [1.82, 2.24) is 4.98 Å². The van der Waals surface area contributed by atoms with E-state index in [0.29, 0.717) is 11.5 Å². The minimum atomic E-state index is -0.113. The van der Waals surface area contributed by atoms with Crippen molar-refractivity contribution in [3.63, 3.8) is 0 Å². The Morgan fingerprint density at radius 2 is 2.04 bits per heavy atom. The van der Waals surface area contributed by atoms with Crippen LogP contribution in [0.1, 0.15) is 41.3 Å². The van der Waals surface area contributed by atoms with E-state index in [2.05, 4.69) is 29.0 Å². The van der Waals surface area contributed by atoms with Crippen LogP contribution in [-0.4, -0.2) is 24.0 Å². The van der Waals surface area contributed by atoms with Crippen molar-refractivity contribution in [2.45, 2.75) is 33.6 Å². The van der Waals surface area contributed by atoms with Gasteiger partial charge in [-0.05, 0) is 61.9 Å². The van der Waals surface area contributed by atoms with Gasteiger partial charge in [-0.1, -0.05) is 13.0 Å².